The molecule has 0 radical (unpaired) electrons. The number of carbonyl (C=O) groups is 1. The number of aromatic nitrogens is 3. The lowest BCUT2D eigenvalue weighted by Gasteiger charge is -2.13. The number of carbonyl (C=O) groups excluding carboxylic acids is 1. The SMILES string of the molecule is Cc1occc1-c1nnc(SCC(=O)NC(C)c2ccccc2)n1C. The van der Waals surface area contributed by atoms with Crippen molar-refractivity contribution in [1.82, 2.24) is 20.1 Å². The molecule has 1 unspecified atom stereocenters. The average molecular weight is 356 g/mol. The molecule has 0 spiro atoms. The molecule has 2 aromatic heterocycles. The maximum Gasteiger partial charge on any atom is 0.230 e. The van der Waals surface area contributed by atoms with Crippen LogP contribution in [0.15, 0.2) is 52.2 Å². The largest absolute Gasteiger partial charge is 0.469 e. The van der Waals surface area contributed by atoms with E-state index in [1.807, 2.05) is 61.9 Å². The fourth-order valence-electron chi connectivity index (χ4n) is 2.53. The molecule has 0 bridgehead atoms. The van der Waals surface area contributed by atoms with Crippen molar-refractivity contribution in [3.05, 3.63) is 54.0 Å². The third kappa shape index (κ3) is 3.93. The normalized spacial score (nSPS) is 12.1. The smallest absolute Gasteiger partial charge is 0.230 e. The molecule has 1 amide bonds. The van der Waals surface area contributed by atoms with Crippen LogP contribution in [0.2, 0.25) is 0 Å². The summed E-state index contributed by atoms with van der Waals surface area (Å²) in [5, 5.41) is 12.1. The quantitative estimate of drug-likeness (QED) is 0.686. The summed E-state index contributed by atoms with van der Waals surface area (Å²) in [5.74, 6) is 1.77. The first-order valence-electron chi connectivity index (χ1n) is 7.97. The molecule has 1 atom stereocenters. The number of rotatable bonds is 6. The van der Waals surface area contributed by atoms with E-state index in [2.05, 4.69) is 15.5 Å². The Morgan fingerprint density at radius 1 is 1.28 bits per heavy atom. The molecule has 7 heteroatoms. The van der Waals surface area contributed by atoms with Gasteiger partial charge in [-0.1, -0.05) is 42.1 Å². The van der Waals surface area contributed by atoms with E-state index in [1.165, 1.54) is 11.8 Å². The molecule has 2 heterocycles. The van der Waals surface area contributed by atoms with Gasteiger partial charge in [-0.15, -0.1) is 10.2 Å². The van der Waals surface area contributed by atoms with Gasteiger partial charge in [0.25, 0.3) is 0 Å². The van der Waals surface area contributed by atoms with Crippen molar-refractivity contribution < 1.29 is 9.21 Å². The number of amides is 1. The molecular formula is C18H20N4O2S. The zero-order valence-electron chi connectivity index (χ0n) is 14.4. The van der Waals surface area contributed by atoms with Crippen LogP contribution in [0.3, 0.4) is 0 Å². The fraction of sp³-hybridized carbons (Fsp3) is 0.278. The number of nitrogens with one attached hydrogen (secondary N) is 1. The van der Waals surface area contributed by atoms with Crippen molar-refractivity contribution in [2.75, 3.05) is 5.75 Å². The number of furan rings is 1. The van der Waals surface area contributed by atoms with Crippen LogP contribution in [0.1, 0.15) is 24.3 Å². The summed E-state index contributed by atoms with van der Waals surface area (Å²) in [4.78, 5) is 12.2. The molecule has 130 valence electrons. The van der Waals surface area contributed by atoms with E-state index < -0.39 is 0 Å². The standard InChI is InChI=1S/C18H20N4O2S/c1-12(14-7-5-4-6-8-14)19-16(23)11-25-18-21-20-17(22(18)3)15-9-10-24-13(15)2/h4-10,12H,11H2,1-3H3,(H,19,23). The second-order valence-electron chi connectivity index (χ2n) is 5.74. The lowest BCUT2D eigenvalue weighted by Crippen LogP contribution is -2.28. The molecule has 1 N–H and O–H groups in total. The minimum Gasteiger partial charge on any atom is -0.469 e. The van der Waals surface area contributed by atoms with Gasteiger partial charge in [0.2, 0.25) is 5.91 Å². The predicted octanol–water partition coefficient (Wildman–Crippen LogP) is 3.35. The maximum atomic E-state index is 12.2. The van der Waals surface area contributed by atoms with Gasteiger partial charge in [0.1, 0.15) is 5.76 Å². The van der Waals surface area contributed by atoms with Crippen molar-refractivity contribution in [3.63, 3.8) is 0 Å². The Kier molecular flexibility index (Phi) is 5.23. The molecule has 0 aliphatic carbocycles. The minimum atomic E-state index is -0.0367. The highest BCUT2D eigenvalue weighted by molar-refractivity contribution is 7.99. The molecule has 1 aromatic carbocycles. The third-order valence-electron chi connectivity index (χ3n) is 3.94. The molecule has 3 rings (SSSR count). The monoisotopic (exact) mass is 356 g/mol. The minimum absolute atomic E-state index is 0.0297. The van der Waals surface area contributed by atoms with Crippen molar-refractivity contribution in [2.45, 2.75) is 25.0 Å². The first-order valence-corrected chi connectivity index (χ1v) is 8.95. The van der Waals surface area contributed by atoms with Crippen LogP contribution in [0.4, 0.5) is 0 Å². The zero-order chi connectivity index (χ0) is 17.8. The van der Waals surface area contributed by atoms with Crippen LogP contribution in [-0.2, 0) is 11.8 Å². The molecule has 25 heavy (non-hydrogen) atoms. The number of benzene rings is 1. The van der Waals surface area contributed by atoms with E-state index in [1.54, 1.807) is 6.26 Å². The van der Waals surface area contributed by atoms with Crippen LogP contribution < -0.4 is 5.32 Å². The highest BCUT2D eigenvalue weighted by Crippen LogP contribution is 2.25. The van der Waals surface area contributed by atoms with Crippen molar-refractivity contribution in [3.8, 4) is 11.4 Å². The molecule has 6 nitrogen and oxygen atoms in total. The summed E-state index contributed by atoms with van der Waals surface area (Å²) in [6.45, 7) is 3.86. The van der Waals surface area contributed by atoms with Crippen molar-refractivity contribution in [2.24, 2.45) is 7.05 Å². The summed E-state index contributed by atoms with van der Waals surface area (Å²) in [7, 11) is 1.88. The molecule has 0 saturated carbocycles. The highest BCUT2D eigenvalue weighted by atomic mass is 32.2. The van der Waals surface area contributed by atoms with Gasteiger partial charge in [-0.05, 0) is 25.5 Å². The zero-order valence-corrected chi connectivity index (χ0v) is 15.2. The molecule has 0 aliphatic rings. The lowest BCUT2D eigenvalue weighted by molar-refractivity contribution is -0.119. The predicted molar refractivity (Wildman–Crippen MR) is 97.2 cm³/mol. The topological polar surface area (TPSA) is 72.9 Å². The summed E-state index contributed by atoms with van der Waals surface area (Å²) >= 11 is 1.36. The molecule has 3 aromatic rings. The van der Waals surface area contributed by atoms with Gasteiger partial charge in [0, 0.05) is 7.05 Å². The van der Waals surface area contributed by atoms with Crippen LogP contribution in [0.5, 0.6) is 0 Å². The van der Waals surface area contributed by atoms with Gasteiger partial charge >= 0.3 is 0 Å². The van der Waals surface area contributed by atoms with Gasteiger partial charge < -0.3 is 14.3 Å². The number of hydrogen-bond acceptors (Lipinski definition) is 5. The Morgan fingerprint density at radius 2 is 2.04 bits per heavy atom. The highest BCUT2D eigenvalue weighted by Gasteiger charge is 2.16. The fourth-order valence-corrected chi connectivity index (χ4v) is 3.25. The van der Waals surface area contributed by atoms with Gasteiger partial charge in [0.15, 0.2) is 11.0 Å². The summed E-state index contributed by atoms with van der Waals surface area (Å²) < 4.78 is 7.19. The first-order chi connectivity index (χ1) is 12.1. The Hall–Kier alpha value is -2.54. The first kappa shape index (κ1) is 17.3. The van der Waals surface area contributed by atoms with E-state index in [4.69, 9.17) is 4.42 Å². The number of thioether (sulfide) groups is 1. The van der Waals surface area contributed by atoms with E-state index >= 15 is 0 Å². The average Bonchev–Trinajstić information content (AvgIpc) is 3.19. The summed E-state index contributed by atoms with van der Waals surface area (Å²) in [5.41, 5.74) is 1.99. The number of nitrogens with zero attached hydrogens (tertiary/aromatic N) is 3. The molecule has 0 saturated heterocycles. The second-order valence-corrected chi connectivity index (χ2v) is 6.69. The third-order valence-corrected chi connectivity index (χ3v) is 4.96. The molecule has 0 aliphatic heterocycles. The van der Waals surface area contributed by atoms with Crippen molar-refractivity contribution in [1.29, 1.82) is 0 Å². The summed E-state index contributed by atoms with van der Waals surface area (Å²) in [6.07, 6.45) is 1.63. The van der Waals surface area contributed by atoms with Gasteiger partial charge in [-0.25, -0.2) is 0 Å². The molecular weight excluding hydrogens is 336 g/mol. The lowest BCUT2D eigenvalue weighted by atomic mass is 10.1. The van der Waals surface area contributed by atoms with Gasteiger partial charge in [-0.2, -0.15) is 0 Å². The second kappa shape index (κ2) is 7.57. The van der Waals surface area contributed by atoms with Crippen molar-refractivity contribution >= 4 is 17.7 Å². The number of hydrogen-bond donors (Lipinski definition) is 1. The van der Waals surface area contributed by atoms with E-state index in [9.17, 15) is 4.79 Å². The Labute approximate surface area is 150 Å². The van der Waals surface area contributed by atoms with Crippen LogP contribution >= 0.6 is 11.8 Å². The van der Waals surface area contributed by atoms with Crippen LogP contribution in [0.25, 0.3) is 11.4 Å². The van der Waals surface area contributed by atoms with Crippen LogP contribution in [-0.4, -0.2) is 26.4 Å². The Balaban J connectivity index is 1.60. The summed E-state index contributed by atoms with van der Waals surface area (Å²) in [6, 6.07) is 11.7. The Bertz CT molecular complexity index is 857. The van der Waals surface area contributed by atoms with E-state index in [-0.39, 0.29) is 17.7 Å². The molecule has 0 fully saturated rings. The van der Waals surface area contributed by atoms with Crippen LogP contribution in [0, 0.1) is 6.92 Å². The van der Waals surface area contributed by atoms with Gasteiger partial charge in [-0.3, -0.25) is 4.79 Å². The van der Waals surface area contributed by atoms with E-state index in [0.29, 0.717) is 5.16 Å². The Morgan fingerprint density at radius 3 is 2.72 bits per heavy atom. The van der Waals surface area contributed by atoms with E-state index in [0.717, 1.165) is 22.7 Å². The number of aryl methyl sites for hydroxylation is 1. The van der Waals surface area contributed by atoms with Gasteiger partial charge in [0.05, 0.1) is 23.6 Å². The maximum absolute atomic E-state index is 12.2.